The smallest absolute Gasteiger partial charge is 0.237 e. The summed E-state index contributed by atoms with van der Waals surface area (Å²) < 4.78 is 0. The third-order valence-electron chi connectivity index (χ3n) is 4.04. The largest absolute Gasteiger partial charge is 0.354 e. The van der Waals surface area contributed by atoms with Crippen LogP contribution >= 0.6 is 0 Å². The molecule has 0 aromatic carbocycles. The topological polar surface area (TPSA) is 55.1 Å². The third-order valence-corrected chi connectivity index (χ3v) is 4.04. The maximum atomic E-state index is 11.9. The van der Waals surface area contributed by atoms with E-state index in [1.165, 1.54) is 25.7 Å². The molecule has 1 saturated carbocycles. The lowest BCUT2D eigenvalue weighted by atomic mass is 9.80. The Kier molecular flexibility index (Phi) is 4.99. The highest BCUT2D eigenvalue weighted by molar-refractivity contribution is 5.82. The van der Waals surface area contributed by atoms with Crippen molar-refractivity contribution in [3.05, 3.63) is 0 Å². The Balaban J connectivity index is 2.37. The summed E-state index contributed by atoms with van der Waals surface area (Å²) >= 11 is 0. The number of nitrogens with two attached hydrogens (primary N) is 1. The molecule has 3 atom stereocenters. The Bertz CT molecular complexity index is 257. The van der Waals surface area contributed by atoms with Gasteiger partial charge in [0, 0.05) is 6.54 Å². The van der Waals surface area contributed by atoms with Gasteiger partial charge in [-0.25, -0.2) is 0 Å². The minimum absolute atomic E-state index is 0.00438. The molecule has 1 aliphatic rings. The number of amides is 1. The van der Waals surface area contributed by atoms with Crippen molar-refractivity contribution in [2.24, 2.45) is 23.0 Å². The van der Waals surface area contributed by atoms with Gasteiger partial charge in [0.25, 0.3) is 0 Å². The molecule has 0 aromatic heterocycles. The quantitative estimate of drug-likeness (QED) is 0.795. The minimum Gasteiger partial charge on any atom is -0.354 e. The van der Waals surface area contributed by atoms with Gasteiger partial charge in [0.05, 0.1) is 6.04 Å². The van der Waals surface area contributed by atoms with Crippen LogP contribution in [0.2, 0.25) is 0 Å². The van der Waals surface area contributed by atoms with Gasteiger partial charge < -0.3 is 11.1 Å². The molecule has 0 saturated heterocycles. The first-order chi connectivity index (χ1) is 7.82. The van der Waals surface area contributed by atoms with Crippen molar-refractivity contribution < 1.29 is 4.79 Å². The van der Waals surface area contributed by atoms with Crippen molar-refractivity contribution in [3.8, 4) is 0 Å². The van der Waals surface area contributed by atoms with Crippen LogP contribution in [0.3, 0.4) is 0 Å². The van der Waals surface area contributed by atoms with Crippen LogP contribution in [-0.4, -0.2) is 18.5 Å². The number of hydrogen-bond acceptors (Lipinski definition) is 2. The Morgan fingerprint density at radius 3 is 2.47 bits per heavy atom. The lowest BCUT2D eigenvalue weighted by Crippen LogP contribution is -2.50. The fourth-order valence-corrected chi connectivity index (χ4v) is 2.43. The second kappa shape index (κ2) is 5.85. The fourth-order valence-electron chi connectivity index (χ4n) is 2.43. The predicted octanol–water partition coefficient (Wildman–Crippen LogP) is 2.30. The van der Waals surface area contributed by atoms with Crippen LogP contribution in [0, 0.1) is 17.3 Å². The second-order valence-corrected chi connectivity index (χ2v) is 6.61. The molecule has 0 radical (unpaired) electrons. The van der Waals surface area contributed by atoms with Crippen LogP contribution in [0.4, 0.5) is 0 Å². The van der Waals surface area contributed by atoms with E-state index >= 15 is 0 Å². The number of carbonyl (C=O) groups is 1. The van der Waals surface area contributed by atoms with E-state index in [2.05, 4.69) is 12.2 Å². The molecule has 3 nitrogen and oxygen atoms in total. The summed E-state index contributed by atoms with van der Waals surface area (Å²) in [5.74, 6) is 1.37. The van der Waals surface area contributed by atoms with Gasteiger partial charge in [0.2, 0.25) is 5.91 Å². The summed E-state index contributed by atoms with van der Waals surface area (Å²) in [5, 5.41) is 3.03. The Labute approximate surface area is 106 Å². The zero-order valence-electron chi connectivity index (χ0n) is 11.8. The molecule has 0 bridgehead atoms. The molecule has 0 aliphatic heterocycles. The molecule has 1 rings (SSSR count). The van der Waals surface area contributed by atoms with Gasteiger partial charge in [-0.15, -0.1) is 0 Å². The first-order valence-electron chi connectivity index (χ1n) is 6.85. The van der Waals surface area contributed by atoms with Gasteiger partial charge in [-0.1, -0.05) is 47.0 Å². The van der Waals surface area contributed by atoms with Gasteiger partial charge in [-0.3, -0.25) is 4.79 Å². The zero-order valence-corrected chi connectivity index (χ0v) is 11.8. The van der Waals surface area contributed by atoms with Crippen LogP contribution in [0.25, 0.3) is 0 Å². The van der Waals surface area contributed by atoms with E-state index in [9.17, 15) is 4.79 Å². The monoisotopic (exact) mass is 240 g/mol. The SMILES string of the molecule is CC1CCCCC1CNC(=O)[C@H](N)C(C)(C)C. The van der Waals surface area contributed by atoms with Gasteiger partial charge >= 0.3 is 0 Å². The van der Waals surface area contributed by atoms with Crippen LogP contribution in [0.5, 0.6) is 0 Å². The number of rotatable bonds is 3. The van der Waals surface area contributed by atoms with Gasteiger partial charge in [0.1, 0.15) is 0 Å². The van der Waals surface area contributed by atoms with E-state index in [1.54, 1.807) is 0 Å². The lowest BCUT2D eigenvalue weighted by molar-refractivity contribution is -0.124. The Hall–Kier alpha value is -0.570. The highest BCUT2D eigenvalue weighted by Gasteiger charge is 2.28. The first kappa shape index (κ1) is 14.5. The molecule has 17 heavy (non-hydrogen) atoms. The summed E-state index contributed by atoms with van der Waals surface area (Å²) in [5.41, 5.74) is 5.77. The molecule has 2 unspecified atom stereocenters. The average molecular weight is 240 g/mol. The molecule has 1 amide bonds. The van der Waals surface area contributed by atoms with Gasteiger partial charge in [-0.2, -0.15) is 0 Å². The maximum absolute atomic E-state index is 11.9. The van der Waals surface area contributed by atoms with Crippen molar-refractivity contribution in [3.63, 3.8) is 0 Å². The molecule has 3 N–H and O–H groups in total. The number of hydrogen-bond donors (Lipinski definition) is 2. The number of nitrogens with one attached hydrogen (secondary N) is 1. The van der Waals surface area contributed by atoms with E-state index in [1.807, 2.05) is 20.8 Å². The minimum atomic E-state index is -0.415. The predicted molar refractivity (Wildman–Crippen MR) is 71.6 cm³/mol. The van der Waals surface area contributed by atoms with E-state index < -0.39 is 6.04 Å². The normalized spacial score (nSPS) is 27.6. The van der Waals surface area contributed by atoms with Crippen molar-refractivity contribution in [1.29, 1.82) is 0 Å². The molecule has 3 heteroatoms. The summed E-state index contributed by atoms with van der Waals surface area (Å²) in [6.45, 7) is 9.09. The molecule has 1 fully saturated rings. The van der Waals surface area contributed by atoms with E-state index in [-0.39, 0.29) is 11.3 Å². The van der Waals surface area contributed by atoms with Crippen molar-refractivity contribution >= 4 is 5.91 Å². The standard InChI is InChI=1S/C14H28N2O/c1-10-7-5-6-8-11(10)9-16-13(17)12(15)14(2,3)4/h10-12H,5-9,15H2,1-4H3,(H,16,17)/t10?,11?,12-/m0/s1. The molecular weight excluding hydrogens is 212 g/mol. The van der Waals surface area contributed by atoms with E-state index in [0.717, 1.165) is 12.5 Å². The van der Waals surface area contributed by atoms with Crippen molar-refractivity contribution in [1.82, 2.24) is 5.32 Å². The zero-order chi connectivity index (χ0) is 13.1. The highest BCUT2D eigenvalue weighted by Crippen LogP contribution is 2.29. The van der Waals surface area contributed by atoms with E-state index in [0.29, 0.717) is 5.92 Å². The molecule has 100 valence electrons. The van der Waals surface area contributed by atoms with Crippen LogP contribution in [0.15, 0.2) is 0 Å². The number of carbonyl (C=O) groups excluding carboxylic acids is 1. The van der Waals surface area contributed by atoms with E-state index in [4.69, 9.17) is 5.73 Å². The molecule has 1 aliphatic carbocycles. The van der Waals surface area contributed by atoms with Crippen LogP contribution in [-0.2, 0) is 4.79 Å². The summed E-state index contributed by atoms with van der Waals surface area (Å²) in [7, 11) is 0. The van der Waals surface area contributed by atoms with Gasteiger partial charge in [-0.05, 0) is 23.7 Å². The fraction of sp³-hybridized carbons (Fsp3) is 0.929. The summed E-state index contributed by atoms with van der Waals surface area (Å²) in [6.07, 6.45) is 5.18. The molecule has 0 aromatic rings. The maximum Gasteiger partial charge on any atom is 0.237 e. The van der Waals surface area contributed by atoms with Crippen LogP contribution in [0.1, 0.15) is 53.4 Å². The molecular formula is C14H28N2O. The second-order valence-electron chi connectivity index (χ2n) is 6.61. The first-order valence-corrected chi connectivity index (χ1v) is 6.85. The molecule has 0 spiro atoms. The summed E-state index contributed by atoms with van der Waals surface area (Å²) in [6, 6.07) is -0.415. The average Bonchev–Trinajstić information content (AvgIpc) is 2.25. The molecule has 0 heterocycles. The summed E-state index contributed by atoms with van der Waals surface area (Å²) in [4.78, 5) is 11.9. The van der Waals surface area contributed by atoms with Crippen LogP contribution < -0.4 is 11.1 Å². The third kappa shape index (κ3) is 4.30. The van der Waals surface area contributed by atoms with Gasteiger partial charge in [0.15, 0.2) is 0 Å². The van der Waals surface area contributed by atoms with Crippen molar-refractivity contribution in [2.75, 3.05) is 6.54 Å². The van der Waals surface area contributed by atoms with Crippen molar-refractivity contribution in [2.45, 2.75) is 59.4 Å². The lowest BCUT2D eigenvalue weighted by Gasteiger charge is -2.31. The Morgan fingerprint density at radius 2 is 1.94 bits per heavy atom. The highest BCUT2D eigenvalue weighted by atomic mass is 16.2. The Morgan fingerprint density at radius 1 is 1.35 bits per heavy atom.